The number of carbonyl (C=O) groups is 1. The SMILES string of the molecule is C=O.O=S(=O)([O-])O.O=S(O)O.[Na+]. The summed E-state index contributed by atoms with van der Waals surface area (Å²) in [5.74, 6) is 0. The molecule has 0 saturated carbocycles. The van der Waals surface area contributed by atoms with E-state index in [0.717, 1.165) is 0 Å². The van der Waals surface area contributed by atoms with Crippen molar-refractivity contribution in [3.8, 4) is 0 Å². The zero-order valence-corrected chi connectivity index (χ0v) is 9.54. The Labute approximate surface area is 93.3 Å². The van der Waals surface area contributed by atoms with Gasteiger partial charge in [-0.25, -0.2) is 8.42 Å². The van der Waals surface area contributed by atoms with Crippen LogP contribution in [0.1, 0.15) is 0 Å². The molecule has 0 radical (unpaired) electrons. The van der Waals surface area contributed by atoms with Gasteiger partial charge in [0.15, 0.2) is 0 Å². The Morgan fingerprint density at radius 3 is 1.25 bits per heavy atom. The second kappa shape index (κ2) is 14.2. The molecule has 12 heavy (non-hydrogen) atoms. The second-order valence-electron chi connectivity index (χ2n) is 0.658. The van der Waals surface area contributed by atoms with Crippen LogP contribution in [0.15, 0.2) is 0 Å². The van der Waals surface area contributed by atoms with Crippen LogP contribution in [0, 0.1) is 0 Å². The van der Waals surface area contributed by atoms with E-state index in [9.17, 15) is 0 Å². The Morgan fingerprint density at radius 2 is 1.25 bits per heavy atom. The summed E-state index contributed by atoms with van der Waals surface area (Å²) < 4.78 is 55.7. The van der Waals surface area contributed by atoms with Gasteiger partial charge in [0.2, 0.25) is 10.4 Å². The first-order chi connectivity index (χ1) is 4.73. The molecule has 0 aromatic heterocycles. The normalized spacial score (nSPS) is 8.08. The van der Waals surface area contributed by atoms with Gasteiger partial charge >= 0.3 is 29.6 Å². The van der Waals surface area contributed by atoms with E-state index in [4.69, 9.17) is 35.6 Å². The Kier molecular flexibility index (Phi) is 27.0. The monoisotopic (exact) mass is 232 g/mol. The molecule has 0 heterocycles. The summed E-state index contributed by atoms with van der Waals surface area (Å²) in [5, 5.41) is 0. The van der Waals surface area contributed by atoms with Crippen molar-refractivity contribution in [2.75, 3.05) is 0 Å². The molecule has 3 N–H and O–H groups in total. The van der Waals surface area contributed by atoms with Gasteiger partial charge in [-0.1, -0.05) is 0 Å². The Bertz CT molecular complexity index is 171. The van der Waals surface area contributed by atoms with E-state index < -0.39 is 21.8 Å². The van der Waals surface area contributed by atoms with E-state index in [-0.39, 0.29) is 29.6 Å². The molecule has 0 spiro atoms. The van der Waals surface area contributed by atoms with Gasteiger partial charge in [-0.15, -0.1) is 0 Å². The molecular formula is CH5NaO8S2. The molecule has 0 aliphatic heterocycles. The number of hydrogen-bond donors (Lipinski definition) is 3. The number of carbonyl (C=O) groups excluding carboxylic acids is 1. The van der Waals surface area contributed by atoms with Crippen LogP contribution in [-0.4, -0.2) is 37.6 Å². The first-order valence-corrected chi connectivity index (χ1v) is 3.93. The van der Waals surface area contributed by atoms with Crippen LogP contribution < -0.4 is 29.6 Å². The van der Waals surface area contributed by atoms with Crippen LogP contribution in [0.4, 0.5) is 0 Å². The summed E-state index contributed by atoms with van der Waals surface area (Å²) in [7, 11) is -4.92. The average Bonchev–Trinajstić information content (AvgIpc) is 1.63. The van der Waals surface area contributed by atoms with Gasteiger partial charge in [0, 0.05) is 0 Å². The summed E-state index contributed by atoms with van der Waals surface area (Å²) >= 11 is -2.61. The van der Waals surface area contributed by atoms with Gasteiger partial charge in [-0.05, 0) is 0 Å². The maximum Gasteiger partial charge on any atom is 1.00 e. The van der Waals surface area contributed by atoms with E-state index in [1.165, 1.54) is 0 Å². The molecule has 0 aliphatic carbocycles. The quantitative estimate of drug-likeness (QED) is 0.163. The third-order valence-corrected chi connectivity index (χ3v) is 0. The minimum absolute atomic E-state index is 0. The molecule has 0 aliphatic rings. The summed E-state index contributed by atoms with van der Waals surface area (Å²) in [6, 6.07) is 0. The van der Waals surface area contributed by atoms with Crippen LogP contribution in [0.3, 0.4) is 0 Å². The van der Waals surface area contributed by atoms with Gasteiger partial charge in [-0.3, -0.25) is 13.7 Å². The fourth-order valence-electron chi connectivity index (χ4n) is 0. The first-order valence-electron chi connectivity index (χ1n) is 1.50. The van der Waals surface area contributed by atoms with Crippen LogP contribution in [0.5, 0.6) is 0 Å². The van der Waals surface area contributed by atoms with Crippen molar-refractivity contribution >= 4 is 28.5 Å². The zero-order valence-electron chi connectivity index (χ0n) is 5.91. The minimum Gasteiger partial charge on any atom is -0.726 e. The summed E-state index contributed by atoms with van der Waals surface area (Å²) in [6.07, 6.45) is 0. The van der Waals surface area contributed by atoms with E-state index >= 15 is 0 Å². The summed E-state index contributed by atoms with van der Waals surface area (Å²) in [4.78, 5) is 8.00. The topological polar surface area (TPSA) is 152 Å². The van der Waals surface area contributed by atoms with Gasteiger partial charge in [-0.2, -0.15) is 4.21 Å². The maximum atomic E-state index is 8.67. The molecule has 0 saturated heterocycles. The van der Waals surface area contributed by atoms with E-state index in [0.29, 0.717) is 0 Å². The third-order valence-electron chi connectivity index (χ3n) is 0. The molecule has 11 heteroatoms. The molecule has 0 amide bonds. The van der Waals surface area contributed by atoms with Gasteiger partial charge in [0.05, 0.1) is 0 Å². The largest absolute Gasteiger partial charge is 1.00 e. The van der Waals surface area contributed by atoms with E-state index in [1.807, 2.05) is 6.79 Å². The first kappa shape index (κ1) is 22.9. The van der Waals surface area contributed by atoms with Crippen molar-refractivity contribution in [2.24, 2.45) is 0 Å². The molecule has 70 valence electrons. The van der Waals surface area contributed by atoms with Gasteiger partial charge < -0.3 is 9.35 Å². The minimum atomic E-state index is -4.92. The third kappa shape index (κ3) is 2630. The van der Waals surface area contributed by atoms with Crippen molar-refractivity contribution in [2.45, 2.75) is 0 Å². The van der Waals surface area contributed by atoms with Gasteiger partial charge in [0.25, 0.3) is 11.4 Å². The van der Waals surface area contributed by atoms with E-state index in [2.05, 4.69) is 0 Å². The van der Waals surface area contributed by atoms with Crippen LogP contribution in [0.2, 0.25) is 0 Å². The molecule has 0 bridgehead atoms. The molecule has 0 unspecified atom stereocenters. The number of rotatable bonds is 0. The summed E-state index contributed by atoms with van der Waals surface area (Å²) in [6.45, 7) is 2.00. The van der Waals surface area contributed by atoms with Crippen LogP contribution in [0.25, 0.3) is 0 Å². The van der Waals surface area contributed by atoms with Crippen molar-refractivity contribution in [3.63, 3.8) is 0 Å². The van der Waals surface area contributed by atoms with Crippen LogP contribution >= 0.6 is 0 Å². The Balaban J connectivity index is -0.0000000419. The molecule has 0 aromatic carbocycles. The molecule has 0 fully saturated rings. The molecule has 8 nitrogen and oxygen atoms in total. The Hall–Kier alpha value is 0.610. The molecule has 0 aromatic rings. The molecule has 0 atom stereocenters. The van der Waals surface area contributed by atoms with Crippen molar-refractivity contribution in [1.82, 2.24) is 0 Å². The fourth-order valence-corrected chi connectivity index (χ4v) is 0. The fraction of sp³-hybridized carbons (Fsp3) is 0. The number of hydrogen-bond acceptors (Lipinski definition) is 5. The smallest absolute Gasteiger partial charge is 0.726 e. The Morgan fingerprint density at radius 1 is 1.25 bits per heavy atom. The maximum absolute atomic E-state index is 8.67. The predicted octanol–water partition coefficient (Wildman–Crippen LogP) is -4.50. The average molecular weight is 232 g/mol. The molecular weight excluding hydrogens is 227 g/mol. The summed E-state index contributed by atoms with van der Waals surface area (Å²) in [5.41, 5.74) is 0. The molecule has 0 rings (SSSR count). The van der Waals surface area contributed by atoms with Gasteiger partial charge in [0.1, 0.15) is 6.79 Å². The predicted molar refractivity (Wildman–Crippen MR) is 32.8 cm³/mol. The van der Waals surface area contributed by atoms with E-state index in [1.54, 1.807) is 0 Å². The van der Waals surface area contributed by atoms with Crippen molar-refractivity contribution in [1.29, 1.82) is 0 Å². The van der Waals surface area contributed by atoms with Crippen molar-refractivity contribution < 1.29 is 65.2 Å². The zero-order chi connectivity index (χ0) is 10.1. The van der Waals surface area contributed by atoms with Crippen LogP contribution in [-0.2, 0) is 26.6 Å². The second-order valence-corrected chi connectivity index (χ2v) is 1.98. The standard InChI is InChI=1S/CH2O.Na.H2O4S.H2O3S/c1-2;;1-5(2,3)4;1-4(2)3/h1H2;;(H2,1,2,3,4);(H2,1,2,3)/q;+1;;/p-1. The van der Waals surface area contributed by atoms with Crippen molar-refractivity contribution in [3.05, 3.63) is 0 Å².